The lowest BCUT2D eigenvalue weighted by Gasteiger charge is -2.07. The summed E-state index contributed by atoms with van der Waals surface area (Å²) in [6.07, 6.45) is 4.05. The Morgan fingerprint density at radius 3 is 2.59 bits per heavy atom. The summed E-state index contributed by atoms with van der Waals surface area (Å²) >= 11 is 0. The van der Waals surface area contributed by atoms with E-state index in [0.717, 1.165) is 33.2 Å². The minimum Gasteiger partial charge on any atom is -0.298 e. The fourth-order valence-corrected chi connectivity index (χ4v) is 2.70. The van der Waals surface area contributed by atoms with E-state index in [-0.39, 0.29) is 0 Å². The van der Waals surface area contributed by atoms with Crippen molar-refractivity contribution in [3.05, 3.63) is 66.6 Å². The molecule has 0 amide bonds. The predicted octanol–water partition coefficient (Wildman–Crippen LogP) is 3.64. The zero-order chi connectivity index (χ0) is 14.9. The molecule has 0 atom stereocenters. The molecule has 0 unspecified atom stereocenters. The Kier molecular flexibility index (Phi) is 2.84. The summed E-state index contributed by atoms with van der Waals surface area (Å²) < 4.78 is 2.06. The third-order valence-electron chi connectivity index (χ3n) is 3.78. The topological polar surface area (TPSA) is 54.5 Å². The third kappa shape index (κ3) is 1.92. The minimum absolute atomic E-state index is 0.428. The predicted molar refractivity (Wildman–Crippen MR) is 85.7 cm³/mol. The van der Waals surface area contributed by atoms with Gasteiger partial charge < -0.3 is 0 Å². The second-order valence-electron chi connectivity index (χ2n) is 5.13. The zero-order valence-electron chi connectivity index (χ0n) is 11.8. The Balaban J connectivity index is 1.95. The van der Waals surface area contributed by atoms with Crippen LogP contribution in [0.5, 0.6) is 0 Å². The molecule has 0 N–H and O–H groups in total. The average molecular weight is 284 g/mol. The second-order valence-corrected chi connectivity index (χ2v) is 5.13. The summed E-state index contributed by atoms with van der Waals surface area (Å²) in [5, 5.41) is 9.84. The highest BCUT2D eigenvalue weighted by Gasteiger charge is 2.09. The summed E-state index contributed by atoms with van der Waals surface area (Å²) in [4.78, 5) is 8.89. The lowest BCUT2D eigenvalue weighted by Crippen LogP contribution is -1.94. The first-order valence-electron chi connectivity index (χ1n) is 7.04. The molecule has 4 rings (SSSR count). The SMILES string of the molecule is N#CCc1ccc(-n2cnc3cnc4ccccc4c32)cc1. The molecule has 2 aromatic heterocycles. The van der Waals surface area contributed by atoms with Gasteiger partial charge in [0.25, 0.3) is 0 Å². The molecule has 4 heteroatoms. The molecule has 4 aromatic rings. The molecule has 0 aliphatic rings. The van der Waals surface area contributed by atoms with E-state index in [1.54, 1.807) is 6.20 Å². The maximum atomic E-state index is 8.76. The fraction of sp³-hybridized carbons (Fsp3) is 0.0556. The molecule has 0 radical (unpaired) electrons. The van der Waals surface area contributed by atoms with Gasteiger partial charge in [0.05, 0.1) is 29.7 Å². The molecule has 0 spiro atoms. The number of hydrogen-bond acceptors (Lipinski definition) is 3. The first-order chi connectivity index (χ1) is 10.9. The van der Waals surface area contributed by atoms with Crippen molar-refractivity contribution in [2.75, 3.05) is 0 Å². The van der Waals surface area contributed by atoms with E-state index in [4.69, 9.17) is 5.26 Å². The molecule has 0 saturated carbocycles. The van der Waals surface area contributed by atoms with Crippen molar-refractivity contribution < 1.29 is 0 Å². The van der Waals surface area contributed by atoms with Crippen molar-refractivity contribution >= 4 is 21.9 Å². The maximum Gasteiger partial charge on any atom is 0.108 e. The van der Waals surface area contributed by atoms with E-state index < -0.39 is 0 Å². The van der Waals surface area contributed by atoms with Gasteiger partial charge in [0, 0.05) is 11.1 Å². The first kappa shape index (κ1) is 12.5. The highest BCUT2D eigenvalue weighted by molar-refractivity contribution is 6.02. The summed E-state index contributed by atoms with van der Waals surface area (Å²) in [7, 11) is 0. The van der Waals surface area contributed by atoms with Crippen molar-refractivity contribution in [3.63, 3.8) is 0 Å². The van der Waals surface area contributed by atoms with E-state index >= 15 is 0 Å². The van der Waals surface area contributed by atoms with Gasteiger partial charge >= 0.3 is 0 Å². The van der Waals surface area contributed by atoms with Gasteiger partial charge in [0.2, 0.25) is 0 Å². The van der Waals surface area contributed by atoms with Crippen LogP contribution in [-0.4, -0.2) is 14.5 Å². The molecular weight excluding hydrogens is 272 g/mol. The van der Waals surface area contributed by atoms with Crippen LogP contribution in [0.15, 0.2) is 61.1 Å². The Hall–Kier alpha value is -3.19. The highest BCUT2D eigenvalue weighted by atomic mass is 15.1. The van der Waals surface area contributed by atoms with Gasteiger partial charge in [-0.25, -0.2) is 4.98 Å². The van der Waals surface area contributed by atoms with Crippen LogP contribution < -0.4 is 0 Å². The van der Waals surface area contributed by atoms with Crippen LogP contribution in [0, 0.1) is 11.3 Å². The van der Waals surface area contributed by atoms with E-state index in [9.17, 15) is 0 Å². The van der Waals surface area contributed by atoms with Gasteiger partial charge in [0.1, 0.15) is 11.8 Å². The van der Waals surface area contributed by atoms with Crippen molar-refractivity contribution in [3.8, 4) is 11.8 Å². The number of hydrogen-bond donors (Lipinski definition) is 0. The molecule has 2 heterocycles. The van der Waals surface area contributed by atoms with Gasteiger partial charge in [-0.15, -0.1) is 0 Å². The normalized spacial score (nSPS) is 10.9. The molecular formula is C18H12N4. The molecule has 0 saturated heterocycles. The number of nitriles is 1. The van der Waals surface area contributed by atoms with Crippen LogP contribution in [0.4, 0.5) is 0 Å². The quantitative estimate of drug-likeness (QED) is 0.564. The van der Waals surface area contributed by atoms with Crippen LogP contribution >= 0.6 is 0 Å². The van der Waals surface area contributed by atoms with Gasteiger partial charge in [0.15, 0.2) is 0 Å². The number of fused-ring (bicyclic) bond motifs is 3. The fourth-order valence-electron chi connectivity index (χ4n) is 2.70. The van der Waals surface area contributed by atoms with E-state index in [1.165, 1.54) is 0 Å². The smallest absolute Gasteiger partial charge is 0.108 e. The summed E-state index contributed by atoms with van der Waals surface area (Å²) in [6, 6.07) is 18.2. The average Bonchev–Trinajstić information content (AvgIpc) is 3.00. The van der Waals surface area contributed by atoms with Crippen LogP contribution in [0.1, 0.15) is 5.56 Å². The number of benzene rings is 2. The number of aromatic nitrogens is 3. The highest BCUT2D eigenvalue weighted by Crippen LogP contribution is 2.25. The van der Waals surface area contributed by atoms with E-state index in [2.05, 4.69) is 26.7 Å². The largest absolute Gasteiger partial charge is 0.298 e. The lowest BCUT2D eigenvalue weighted by molar-refractivity contribution is 1.09. The summed E-state index contributed by atoms with van der Waals surface area (Å²) in [5.74, 6) is 0. The number of imidazole rings is 1. The van der Waals surface area contributed by atoms with Crippen molar-refractivity contribution in [2.24, 2.45) is 0 Å². The second kappa shape index (κ2) is 4.97. The van der Waals surface area contributed by atoms with Gasteiger partial charge in [-0.2, -0.15) is 5.26 Å². The number of para-hydroxylation sites is 1. The van der Waals surface area contributed by atoms with Crippen LogP contribution in [0.25, 0.3) is 27.6 Å². The minimum atomic E-state index is 0.428. The first-order valence-corrected chi connectivity index (χ1v) is 7.04. The Bertz CT molecular complexity index is 1010. The van der Waals surface area contributed by atoms with Gasteiger partial charge in [-0.3, -0.25) is 9.55 Å². The monoisotopic (exact) mass is 284 g/mol. The van der Waals surface area contributed by atoms with Crippen molar-refractivity contribution in [1.29, 1.82) is 5.26 Å². The molecule has 0 fully saturated rings. The molecule has 104 valence electrons. The molecule has 0 aliphatic carbocycles. The van der Waals surface area contributed by atoms with E-state index in [0.29, 0.717) is 6.42 Å². The number of rotatable bonds is 2. The third-order valence-corrected chi connectivity index (χ3v) is 3.78. The Morgan fingerprint density at radius 1 is 0.955 bits per heavy atom. The van der Waals surface area contributed by atoms with Gasteiger partial charge in [-0.1, -0.05) is 30.3 Å². The summed E-state index contributed by atoms with van der Waals surface area (Å²) in [6.45, 7) is 0. The molecule has 0 aliphatic heterocycles. The summed E-state index contributed by atoms with van der Waals surface area (Å²) in [5.41, 5.74) is 4.93. The van der Waals surface area contributed by atoms with Crippen LogP contribution in [-0.2, 0) is 6.42 Å². The Morgan fingerprint density at radius 2 is 1.77 bits per heavy atom. The van der Waals surface area contributed by atoms with Crippen LogP contribution in [0.2, 0.25) is 0 Å². The van der Waals surface area contributed by atoms with Crippen molar-refractivity contribution in [1.82, 2.24) is 14.5 Å². The van der Waals surface area contributed by atoms with Crippen molar-refractivity contribution in [2.45, 2.75) is 6.42 Å². The molecule has 4 nitrogen and oxygen atoms in total. The van der Waals surface area contributed by atoms with E-state index in [1.807, 2.05) is 48.8 Å². The molecule has 0 bridgehead atoms. The maximum absolute atomic E-state index is 8.76. The Labute approximate surface area is 127 Å². The lowest BCUT2D eigenvalue weighted by atomic mass is 10.1. The number of pyridine rings is 1. The molecule has 22 heavy (non-hydrogen) atoms. The zero-order valence-corrected chi connectivity index (χ0v) is 11.8. The molecule has 2 aromatic carbocycles. The standard InChI is InChI=1S/C18H12N4/c19-10-9-13-5-7-14(8-6-13)22-12-21-17-11-20-16-4-2-1-3-15(16)18(17)22/h1-8,11-12H,9H2. The van der Waals surface area contributed by atoms with Gasteiger partial charge in [-0.05, 0) is 23.8 Å². The number of nitrogens with zero attached hydrogens (tertiary/aromatic N) is 4. The van der Waals surface area contributed by atoms with Crippen LogP contribution in [0.3, 0.4) is 0 Å².